The molecule has 0 atom stereocenters. The summed E-state index contributed by atoms with van der Waals surface area (Å²) in [5, 5.41) is 7.24. The predicted molar refractivity (Wildman–Crippen MR) is 184 cm³/mol. The Morgan fingerprint density at radius 3 is 1.62 bits per heavy atom. The quantitative estimate of drug-likeness (QED) is 0.144. The molecule has 0 saturated heterocycles. The van der Waals surface area contributed by atoms with E-state index in [2.05, 4.69) is 44.2 Å². The van der Waals surface area contributed by atoms with E-state index < -0.39 is 24.2 Å². The molecule has 202 valence electrons. The van der Waals surface area contributed by atoms with Gasteiger partial charge in [-0.15, -0.1) is 0 Å². The molecule has 0 bridgehead atoms. The fourth-order valence-corrected chi connectivity index (χ4v) is 6.88. The molecule has 8 aromatic carbocycles. The first-order valence-electron chi connectivity index (χ1n) is 18.8. The first-order chi connectivity index (χ1) is 24.1. The van der Waals surface area contributed by atoms with Crippen molar-refractivity contribution in [3.05, 3.63) is 132 Å². The average Bonchev–Trinajstić information content (AvgIpc) is 3.13. The van der Waals surface area contributed by atoms with Crippen LogP contribution >= 0.6 is 0 Å². The van der Waals surface area contributed by atoms with Crippen LogP contribution in [0.5, 0.6) is 0 Å². The van der Waals surface area contributed by atoms with Crippen LogP contribution in [0.4, 0.5) is 0 Å². The van der Waals surface area contributed by atoms with Gasteiger partial charge in [-0.25, -0.2) is 0 Å². The van der Waals surface area contributed by atoms with Crippen molar-refractivity contribution in [1.29, 1.82) is 0 Å². The second-order valence-electron chi connectivity index (χ2n) is 11.2. The van der Waals surface area contributed by atoms with Crippen LogP contribution in [0.15, 0.2) is 121 Å². The van der Waals surface area contributed by atoms with E-state index >= 15 is 0 Å². The highest BCUT2D eigenvalue weighted by Crippen LogP contribution is 2.47. The molecule has 0 nitrogen and oxygen atoms in total. The van der Waals surface area contributed by atoms with Gasteiger partial charge in [0.25, 0.3) is 0 Å². The lowest BCUT2D eigenvalue weighted by Gasteiger charge is -2.20. The zero-order valence-corrected chi connectivity index (χ0v) is 23.8. The summed E-state index contributed by atoms with van der Waals surface area (Å²) in [6, 6.07) is 21.9. The zero-order valence-electron chi connectivity index (χ0n) is 31.8. The summed E-state index contributed by atoms with van der Waals surface area (Å²) in [5.74, 6) is 0. The van der Waals surface area contributed by atoms with Crippen molar-refractivity contribution >= 4 is 53.9 Å². The van der Waals surface area contributed by atoms with Crippen molar-refractivity contribution in [3.8, 4) is 22.3 Å². The van der Waals surface area contributed by atoms with E-state index in [1.54, 1.807) is 0 Å². The SMILES string of the molecule is [2H]c1c([2H])c([2H])c2c(-c3ccc4ccc5c(CCC)ccc6ccc3c4c65)c3c([2H])c([2H])c([2H])c([2H])c3c(-c3ccc(CCC)cc3)c2c1[2H]. The number of hydrogen-bond donors (Lipinski definition) is 0. The Morgan fingerprint density at radius 2 is 1.00 bits per heavy atom. The monoisotopic (exact) mass is 546 g/mol. The van der Waals surface area contributed by atoms with Crippen LogP contribution in [0.25, 0.3) is 76.1 Å². The molecule has 8 aromatic rings. The Labute approximate surface area is 258 Å². The largest absolute Gasteiger partial charge is 0.0651 e. The van der Waals surface area contributed by atoms with Crippen LogP contribution in [-0.4, -0.2) is 0 Å². The molecule has 0 saturated carbocycles. The number of aryl methyl sites for hydroxylation is 2. The van der Waals surface area contributed by atoms with Gasteiger partial charge in [0.05, 0.1) is 11.0 Å². The number of hydrogen-bond acceptors (Lipinski definition) is 0. The van der Waals surface area contributed by atoms with Gasteiger partial charge < -0.3 is 0 Å². The molecule has 0 radical (unpaired) electrons. The summed E-state index contributed by atoms with van der Waals surface area (Å²) in [7, 11) is 0. The first-order valence-corrected chi connectivity index (χ1v) is 14.8. The van der Waals surface area contributed by atoms with Crippen molar-refractivity contribution in [1.82, 2.24) is 0 Å². The van der Waals surface area contributed by atoms with Gasteiger partial charge in [0, 0.05) is 0 Å². The maximum Gasteiger partial charge on any atom is 0.0629 e. The Balaban J connectivity index is 1.64. The molecule has 0 aliphatic carbocycles. The van der Waals surface area contributed by atoms with Crippen LogP contribution in [0.1, 0.15) is 48.8 Å². The standard InChI is InChI=1S/C42H34/c1-3-9-27-15-17-29(18-16-27)39-33-11-5-7-13-35(33)42(36-14-8-6-12-34(36)39)38-26-23-31-21-24-32-28(10-4-2)19-20-30-22-25-37(38)41(31)40(30)32/h5-8,11-26H,3-4,9-10H2,1-2H3/i5D,6D,7D,8D,11D,12D,13D,14D. The first kappa shape index (κ1) is 18.0. The molecule has 0 heteroatoms. The van der Waals surface area contributed by atoms with Gasteiger partial charge in [0.1, 0.15) is 0 Å². The molecular formula is C42H34. The molecule has 0 amide bonds. The molecule has 8 rings (SSSR count). The van der Waals surface area contributed by atoms with Crippen LogP contribution in [-0.2, 0) is 12.8 Å². The fourth-order valence-electron chi connectivity index (χ4n) is 6.88. The number of fused-ring (bicyclic) bond motifs is 2. The summed E-state index contributed by atoms with van der Waals surface area (Å²) in [5.41, 5.74) is 4.41. The van der Waals surface area contributed by atoms with Crippen molar-refractivity contribution < 1.29 is 11.0 Å². The molecule has 0 aromatic heterocycles. The molecule has 0 heterocycles. The summed E-state index contributed by atoms with van der Waals surface area (Å²) < 4.78 is 72.4. The molecule has 0 aliphatic rings. The molecule has 0 spiro atoms. The van der Waals surface area contributed by atoms with Crippen LogP contribution in [0, 0.1) is 0 Å². The van der Waals surface area contributed by atoms with E-state index in [0.717, 1.165) is 58.2 Å². The minimum atomic E-state index is -0.393. The minimum absolute atomic E-state index is 0.239. The molecule has 0 unspecified atom stereocenters. The smallest absolute Gasteiger partial charge is 0.0629 e. The second kappa shape index (κ2) is 10.00. The van der Waals surface area contributed by atoms with E-state index in [1.807, 2.05) is 42.5 Å². The highest BCUT2D eigenvalue weighted by molar-refractivity contribution is 6.29. The fraction of sp³-hybridized carbons (Fsp3) is 0.143. The van der Waals surface area contributed by atoms with Crippen molar-refractivity contribution in [3.63, 3.8) is 0 Å². The van der Waals surface area contributed by atoms with E-state index in [0.29, 0.717) is 22.3 Å². The highest BCUT2D eigenvalue weighted by atomic mass is 14.2. The predicted octanol–water partition coefficient (Wildman–Crippen LogP) is 12.1. The van der Waals surface area contributed by atoms with E-state index in [9.17, 15) is 5.48 Å². The molecule has 0 fully saturated rings. The Kier molecular flexibility index (Phi) is 4.28. The minimum Gasteiger partial charge on any atom is -0.0651 e. The lowest BCUT2D eigenvalue weighted by Crippen LogP contribution is -1.94. The molecule has 0 aliphatic heterocycles. The molecular weight excluding hydrogens is 504 g/mol. The van der Waals surface area contributed by atoms with Crippen molar-refractivity contribution in [2.45, 2.75) is 39.5 Å². The van der Waals surface area contributed by atoms with Crippen molar-refractivity contribution in [2.75, 3.05) is 0 Å². The van der Waals surface area contributed by atoms with Gasteiger partial charge in [0.15, 0.2) is 0 Å². The Bertz CT molecular complexity index is 2610. The molecule has 42 heavy (non-hydrogen) atoms. The van der Waals surface area contributed by atoms with Gasteiger partial charge in [-0.2, -0.15) is 0 Å². The second-order valence-corrected chi connectivity index (χ2v) is 11.2. The topological polar surface area (TPSA) is 0 Å². The maximum atomic E-state index is 9.37. The highest BCUT2D eigenvalue weighted by Gasteiger charge is 2.20. The summed E-state index contributed by atoms with van der Waals surface area (Å²) in [6.07, 6.45) is 3.77. The van der Waals surface area contributed by atoms with E-state index in [4.69, 9.17) is 5.48 Å². The Morgan fingerprint density at radius 1 is 0.476 bits per heavy atom. The third-order valence-corrected chi connectivity index (χ3v) is 8.70. The van der Waals surface area contributed by atoms with Crippen LogP contribution in [0.2, 0.25) is 0 Å². The lowest BCUT2D eigenvalue weighted by atomic mass is 9.83. The molecule has 0 N–H and O–H groups in total. The summed E-state index contributed by atoms with van der Waals surface area (Å²) >= 11 is 0. The lowest BCUT2D eigenvalue weighted by molar-refractivity contribution is 0.922. The van der Waals surface area contributed by atoms with Gasteiger partial charge in [-0.05, 0) is 100 Å². The van der Waals surface area contributed by atoms with Crippen molar-refractivity contribution in [2.24, 2.45) is 0 Å². The Hall–Kier alpha value is -4.68. The van der Waals surface area contributed by atoms with Gasteiger partial charge in [0.2, 0.25) is 0 Å². The van der Waals surface area contributed by atoms with E-state index in [-0.39, 0.29) is 45.7 Å². The van der Waals surface area contributed by atoms with Gasteiger partial charge in [-0.3, -0.25) is 0 Å². The normalized spacial score (nSPS) is 14.6. The van der Waals surface area contributed by atoms with Crippen LogP contribution < -0.4 is 0 Å². The summed E-state index contributed by atoms with van der Waals surface area (Å²) in [4.78, 5) is 0. The maximum absolute atomic E-state index is 9.37. The van der Waals surface area contributed by atoms with Crippen LogP contribution in [0.3, 0.4) is 0 Å². The summed E-state index contributed by atoms with van der Waals surface area (Å²) in [6.45, 7) is 4.27. The third-order valence-electron chi connectivity index (χ3n) is 8.70. The van der Waals surface area contributed by atoms with E-state index in [1.165, 1.54) is 10.9 Å². The number of benzene rings is 8. The average molecular weight is 547 g/mol. The number of rotatable bonds is 6. The zero-order chi connectivity index (χ0) is 35.2. The van der Waals surface area contributed by atoms with Gasteiger partial charge >= 0.3 is 0 Å². The third kappa shape index (κ3) is 3.75. The van der Waals surface area contributed by atoms with Gasteiger partial charge in [-0.1, -0.05) is 148 Å².